The van der Waals surface area contributed by atoms with E-state index < -0.39 is 0 Å². The zero-order valence-electron chi connectivity index (χ0n) is 18.1. The number of rotatable bonds is 7. The van der Waals surface area contributed by atoms with E-state index in [1.807, 2.05) is 42.5 Å². The minimum absolute atomic E-state index is 0.0151. The SMILES string of the molecule is CC(Nc1cc(-c2ccccc2)nc2ncnn12)C(OC1CCOCC1)c1ccccc1. The summed E-state index contributed by atoms with van der Waals surface area (Å²) in [6, 6.07) is 22.5. The van der Waals surface area contributed by atoms with Gasteiger partial charge < -0.3 is 14.8 Å². The van der Waals surface area contributed by atoms with Crippen LogP contribution in [0.2, 0.25) is 0 Å². The van der Waals surface area contributed by atoms with Crippen LogP contribution in [0.3, 0.4) is 0 Å². The predicted molar refractivity (Wildman–Crippen MR) is 123 cm³/mol. The summed E-state index contributed by atoms with van der Waals surface area (Å²) in [5.41, 5.74) is 3.03. The molecule has 1 fully saturated rings. The van der Waals surface area contributed by atoms with Crippen LogP contribution in [0.15, 0.2) is 73.1 Å². The summed E-state index contributed by atoms with van der Waals surface area (Å²) in [4.78, 5) is 9.00. The molecule has 3 heterocycles. The Labute approximate surface area is 187 Å². The molecule has 0 bridgehead atoms. The lowest BCUT2D eigenvalue weighted by Crippen LogP contribution is -2.33. The lowest BCUT2D eigenvalue weighted by molar-refractivity contribution is -0.0739. The van der Waals surface area contributed by atoms with Crippen LogP contribution in [0.4, 0.5) is 5.82 Å². The number of fused-ring (bicyclic) bond motifs is 1. The lowest BCUT2D eigenvalue weighted by atomic mass is 10.0. The number of nitrogens with one attached hydrogen (secondary N) is 1. The second kappa shape index (κ2) is 9.46. The van der Waals surface area contributed by atoms with Crippen molar-refractivity contribution in [2.24, 2.45) is 0 Å². The fourth-order valence-electron chi connectivity index (χ4n) is 4.13. The van der Waals surface area contributed by atoms with Gasteiger partial charge in [0.2, 0.25) is 0 Å². The summed E-state index contributed by atoms with van der Waals surface area (Å²) in [5.74, 6) is 1.39. The van der Waals surface area contributed by atoms with E-state index in [0.717, 1.165) is 48.7 Å². The molecular formula is C25H27N5O2. The van der Waals surface area contributed by atoms with Crippen molar-refractivity contribution in [1.29, 1.82) is 0 Å². The van der Waals surface area contributed by atoms with Crippen molar-refractivity contribution in [3.05, 3.63) is 78.6 Å². The molecule has 164 valence electrons. The van der Waals surface area contributed by atoms with E-state index in [2.05, 4.69) is 51.6 Å². The van der Waals surface area contributed by atoms with Crippen LogP contribution in [-0.2, 0) is 9.47 Å². The Bertz CT molecular complexity index is 1140. The van der Waals surface area contributed by atoms with Gasteiger partial charge in [-0.05, 0) is 25.3 Å². The van der Waals surface area contributed by atoms with Gasteiger partial charge in [0.1, 0.15) is 18.2 Å². The molecule has 0 amide bonds. The monoisotopic (exact) mass is 429 g/mol. The Morgan fingerprint density at radius 3 is 2.50 bits per heavy atom. The summed E-state index contributed by atoms with van der Waals surface area (Å²) in [7, 11) is 0. The molecule has 1 N–H and O–H groups in total. The van der Waals surface area contributed by atoms with Crippen molar-refractivity contribution in [2.45, 2.75) is 38.0 Å². The zero-order chi connectivity index (χ0) is 21.8. The summed E-state index contributed by atoms with van der Waals surface area (Å²) < 4.78 is 13.9. The summed E-state index contributed by atoms with van der Waals surface area (Å²) in [6.45, 7) is 3.64. The fourth-order valence-corrected chi connectivity index (χ4v) is 4.13. The molecule has 2 aromatic heterocycles. The highest BCUT2D eigenvalue weighted by molar-refractivity contribution is 5.65. The molecule has 5 rings (SSSR count). The Kier molecular flexibility index (Phi) is 6.09. The minimum atomic E-state index is -0.119. The van der Waals surface area contributed by atoms with Crippen LogP contribution in [-0.4, -0.2) is 44.9 Å². The van der Waals surface area contributed by atoms with Crippen LogP contribution >= 0.6 is 0 Å². The molecular weight excluding hydrogens is 402 g/mol. The topological polar surface area (TPSA) is 73.6 Å². The first-order valence-corrected chi connectivity index (χ1v) is 11.1. The van der Waals surface area contributed by atoms with Crippen molar-refractivity contribution in [2.75, 3.05) is 18.5 Å². The van der Waals surface area contributed by atoms with Gasteiger partial charge in [-0.3, -0.25) is 0 Å². The number of benzene rings is 2. The van der Waals surface area contributed by atoms with Gasteiger partial charge in [-0.15, -0.1) is 0 Å². The number of ether oxygens (including phenoxy) is 2. The van der Waals surface area contributed by atoms with Gasteiger partial charge in [-0.2, -0.15) is 14.6 Å². The van der Waals surface area contributed by atoms with Crippen molar-refractivity contribution in [3.63, 3.8) is 0 Å². The number of nitrogens with zero attached hydrogens (tertiary/aromatic N) is 4. The summed E-state index contributed by atoms with van der Waals surface area (Å²) in [5, 5.41) is 8.01. The Morgan fingerprint density at radius 2 is 1.75 bits per heavy atom. The third kappa shape index (κ3) is 4.49. The maximum Gasteiger partial charge on any atom is 0.254 e. The van der Waals surface area contributed by atoms with Gasteiger partial charge >= 0.3 is 0 Å². The first kappa shape index (κ1) is 20.6. The van der Waals surface area contributed by atoms with E-state index in [0.29, 0.717) is 5.78 Å². The standard InChI is InChI=1S/C25H27N5O2/c1-18(24(20-10-6-3-7-11-20)32-21-12-14-31-15-13-21)28-23-16-22(19-8-4-2-5-9-19)29-25-26-17-27-30(23)25/h2-11,16-18,21,24,28H,12-15H2,1H3. The molecule has 2 unspecified atom stereocenters. The molecule has 2 atom stereocenters. The number of hydrogen-bond donors (Lipinski definition) is 1. The fraction of sp³-hybridized carbons (Fsp3) is 0.320. The quantitative estimate of drug-likeness (QED) is 0.465. The molecule has 0 spiro atoms. The second-order valence-corrected chi connectivity index (χ2v) is 8.08. The normalized spacial score (nSPS) is 16.7. The van der Waals surface area contributed by atoms with Gasteiger partial charge in [-0.1, -0.05) is 60.7 Å². The molecule has 2 aromatic carbocycles. The van der Waals surface area contributed by atoms with Crippen LogP contribution in [0.5, 0.6) is 0 Å². The number of anilines is 1. The Hall–Kier alpha value is -3.29. The zero-order valence-corrected chi connectivity index (χ0v) is 18.1. The van der Waals surface area contributed by atoms with E-state index in [-0.39, 0.29) is 18.2 Å². The lowest BCUT2D eigenvalue weighted by Gasteiger charge is -2.32. The maximum absolute atomic E-state index is 6.62. The largest absolute Gasteiger partial charge is 0.381 e. The van der Waals surface area contributed by atoms with Crippen molar-refractivity contribution in [1.82, 2.24) is 19.6 Å². The number of aromatic nitrogens is 4. The van der Waals surface area contributed by atoms with Gasteiger partial charge in [0, 0.05) is 24.8 Å². The molecule has 0 radical (unpaired) electrons. The minimum Gasteiger partial charge on any atom is -0.381 e. The van der Waals surface area contributed by atoms with E-state index in [1.54, 1.807) is 4.52 Å². The summed E-state index contributed by atoms with van der Waals surface area (Å²) >= 11 is 0. The molecule has 1 aliphatic rings. The van der Waals surface area contributed by atoms with Gasteiger partial charge in [0.25, 0.3) is 5.78 Å². The van der Waals surface area contributed by atoms with Crippen LogP contribution in [0.1, 0.15) is 31.4 Å². The molecule has 32 heavy (non-hydrogen) atoms. The van der Waals surface area contributed by atoms with Gasteiger partial charge in [0.15, 0.2) is 0 Å². The number of hydrogen-bond acceptors (Lipinski definition) is 6. The molecule has 0 aliphatic carbocycles. The summed E-state index contributed by atoms with van der Waals surface area (Å²) in [6.07, 6.45) is 3.42. The van der Waals surface area contributed by atoms with E-state index in [4.69, 9.17) is 9.47 Å². The molecule has 0 saturated carbocycles. The van der Waals surface area contributed by atoms with Crippen molar-refractivity contribution < 1.29 is 9.47 Å². The average molecular weight is 430 g/mol. The molecule has 1 aliphatic heterocycles. The van der Waals surface area contributed by atoms with Crippen LogP contribution in [0, 0.1) is 0 Å². The molecule has 7 nitrogen and oxygen atoms in total. The second-order valence-electron chi connectivity index (χ2n) is 8.08. The van der Waals surface area contributed by atoms with E-state index >= 15 is 0 Å². The third-order valence-corrected chi connectivity index (χ3v) is 5.79. The highest BCUT2D eigenvalue weighted by Crippen LogP contribution is 2.29. The van der Waals surface area contributed by atoms with E-state index in [1.165, 1.54) is 6.33 Å². The maximum atomic E-state index is 6.62. The molecule has 1 saturated heterocycles. The average Bonchev–Trinajstić information content (AvgIpc) is 3.33. The highest BCUT2D eigenvalue weighted by Gasteiger charge is 2.26. The molecule has 4 aromatic rings. The van der Waals surface area contributed by atoms with Crippen LogP contribution < -0.4 is 5.32 Å². The van der Waals surface area contributed by atoms with Gasteiger partial charge in [-0.25, -0.2) is 4.98 Å². The third-order valence-electron chi connectivity index (χ3n) is 5.79. The first-order valence-electron chi connectivity index (χ1n) is 11.1. The highest BCUT2D eigenvalue weighted by atomic mass is 16.5. The van der Waals surface area contributed by atoms with Gasteiger partial charge in [0.05, 0.1) is 17.8 Å². The predicted octanol–water partition coefficient (Wildman–Crippen LogP) is 4.53. The molecule has 7 heteroatoms. The van der Waals surface area contributed by atoms with Crippen LogP contribution in [0.25, 0.3) is 17.0 Å². The Morgan fingerprint density at radius 1 is 1.03 bits per heavy atom. The van der Waals surface area contributed by atoms with Crippen molar-refractivity contribution in [3.8, 4) is 11.3 Å². The van der Waals surface area contributed by atoms with Crippen molar-refractivity contribution >= 4 is 11.6 Å². The van der Waals surface area contributed by atoms with E-state index in [9.17, 15) is 0 Å². The first-order chi connectivity index (χ1) is 15.8. The Balaban J connectivity index is 1.46. The smallest absolute Gasteiger partial charge is 0.254 e.